The van der Waals surface area contributed by atoms with Crippen molar-refractivity contribution in [3.63, 3.8) is 0 Å². The van der Waals surface area contributed by atoms with E-state index in [1.165, 1.54) is 32.1 Å². The number of rotatable bonds is 4. The number of nitrogens with zero attached hydrogens (tertiary/aromatic N) is 1. The minimum absolute atomic E-state index is 0.212. The lowest BCUT2D eigenvalue weighted by atomic mass is 10.0. The summed E-state index contributed by atoms with van der Waals surface area (Å²) in [5, 5.41) is 3.56. The van der Waals surface area contributed by atoms with Crippen molar-refractivity contribution in [1.29, 1.82) is 0 Å². The smallest absolute Gasteiger partial charge is 0.254 e. The first kappa shape index (κ1) is 13.6. The molecule has 1 aromatic carbocycles. The second-order valence-electron chi connectivity index (χ2n) is 6.20. The molecule has 0 spiro atoms. The fourth-order valence-corrected chi connectivity index (χ4v) is 3.05. The molecule has 3 heteroatoms. The van der Waals surface area contributed by atoms with E-state index >= 15 is 0 Å². The van der Waals surface area contributed by atoms with Crippen molar-refractivity contribution in [2.45, 2.75) is 51.1 Å². The summed E-state index contributed by atoms with van der Waals surface area (Å²) in [6, 6.07) is 8.93. The van der Waals surface area contributed by atoms with Gasteiger partial charge in [-0.1, -0.05) is 24.1 Å². The Morgan fingerprint density at radius 3 is 2.80 bits per heavy atom. The maximum atomic E-state index is 12.8. The van der Waals surface area contributed by atoms with Crippen LogP contribution in [0.4, 0.5) is 0 Å². The van der Waals surface area contributed by atoms with E-state index in [1.54, 1.807) is 0 Å². The van der Waals surface area contributed by atoms with Gasteiger partial charge >= 0.3 is 0 Å². The van der Waals surface area contributed by atoms with Crippen molar-refractivity contribution in [3.05, 3.63) is 35.4 Å². The zero-order chi connectivity index (χ0) is 13.9. The van der Waals surface area contributed by atoms with E-state index in [-0.39, 0.29) is 5.91 Å². The molecular weight excluding hydrogens is 248 g/mol. The van der Waals surface area contributed by atoms with Gasteiger partial charge < -0.3 is 10.2 Å². The van der Waals surface area contributed by atoms with Crippen LogP contribution in [0.25, 0.3) is 0 Å². The highest BCUT2D eigenvalue weighted by Crippen LogP contribution is 2.29. The van der Waals surface area contributed by atoms with Gasteiger partial charge in [-0.3, -0.25) is 4.79 Å². The van der Waals surface area contributed by atoms with Crippen molar-refractivity contribution in [1.82, 2.24) is 10.2 Å². The van der Waals surface area contributed by atoms with E-state index < -0.39 is 0 Å². The van der Waals surface area contributed by atoms with E-state index in [0.717, 1.165) is 24.2 Å². The number of nitrogens with one attached hydrogen (secondary N) is 1. The third-order valence-electron chi connectivity index (χ3n) is 4.34. The third-order valence-corrected chi connectivity index (χ3v) is 4.34. The molecule has 0 aromatic heterocycles. The van der Waals surface area contributed by atoms with Gasteiger partial charge in [-0.25, -0.2) is 0 Å². The first-order valence-electron chi connectivity index (χ1n) is 7.85. The molecule has 1 aromatic rings. The lowest BCUT2D eigenvalue weighted by molar-refractivity contribution is 0.0718. The Hall–Kier alpha value is -1.35. The van der Waals surface area contributed by atoms with Crippen molar-refractivity contribution < 1.29 is 4.79 Å². The van der Waals surface area contributed by atoms with Crippen LogP contribution in [0.1, 0.15) is 48.0 Å². The Morgan fingerprint density at radius 1 is 1.30 bits per heavy atom. The van der Waals surface area contributed by atoms with Crippen LogP contribution >= 0.6 is 0 Å². The SMILES string of the molecule is Cc1cccc(C(=O)N(CC2CCCCN2)C2CC2)c1. The van der Waals surface area contributed by atoms with Crippen LogP contribution in [0.5, 0.6) is 0 Å². The molecule has 2 aliphatic rings. The van der Waals surface area contributed by atoms with Crippen LogP contribution in [0, 0.1) is 6.92 Å². The predicted molar refractivity (Wildman–Crippen MR) is 80.9 cm³/mol. The standard InChI is InChI=1S/C17H24N2O/c1-13-5-4-6-14(11-13)17(20)19(16-8-9-16)12-15-7-2-3-10-18-15/h4-6,11,15-16,18H,2-3,7-10,12H2,1H3. The molecule has 1 saturated heterocycles. The largest absolute Gasteiger partial charge is 0.334 e. The van der Waals surface area contributed by atoms with E-state index in [1.807, 2.05) is 31.2 Å². The summed E-state index contributed by atoms with van der Waals surface area (Å²) in [4.78, 5) is 14.9. The molecule has 0 radical (unpaired) electrons. The van der Waals surface area contributed by atoms with Crippen LogP contribution < -0.4 is 5.32 Å². The molecule has 3 nitrogen and oxygen atoms in total. The molecule has 1 aliphatic carbocycles. The lowest BCUT2D eigenvalue weighted by Crippen LogP contribution is -2.46. The normalized spacial score (nSPS) is 22.6. The molecule has 1 atom stereocenters. The third kappa shape index (κ3) is 3.21. The summed E-state index contributed by atoms with van der Waals surface area (Å²) in [5.41, 5.74) is 2.00. The second kappa shape index (κ2) is 5.96. The summed E-state index contributed by atoms with van der Waals surface area (Å²) in [7, 11) is 0. The number of amides is 1. The molecule has 2 fully saturated rings. The van der Waals surface area contributed by atoms with E-state index in [0.29, 0.717) is 12.1 Å². The first-order chi connectivity index (χ1) is 9.74. The number of aryl methyl sites for hydroxylation is 1. The van der Waals surface area contributed by atoms with Crippen LogP contribution in [-0.2, 0) is 0 Å². The monoisotopic (exact) mass is 272 g/mol. The van der Waals surface area contributed by atoms with Gasteiger partial charge in [0.25, 0.3) is 5.91 Å². The minimum atomic E-state index is 0.212. The number of carbonyl (C=O) groups is 1. The van der Waals surface area contributed by atoms with Crippen LogP contribution in [-0.4, -0.2) is 36.0 Å². The predicted octanol–water partition coefficient (Wildman–Crippen LogP) is 2.74. The summed E-state index contributed by atoms with van der Waals surface area (Å²) in [6.07, 6.45) is 6.10. The van der Waals surface area contributed by atoms with Crippen molar-refractivity contribution in [2.24, 2.45) is 0 Å². The number of benzene rings is 1. The molecule has 1 saturated carbocycles. The maximum absolute atomic E-state index is 12.8. The topological polar surface area (TPSA) is 32.3 Å². The second-order valence-corrected chi connectivity index (χ2v) is 6.20. The van der Waals surface area contributed by atoms with Gasteiger partial charge in [0.15, 0.2) is 0 Å². The molecule has 1 unspecified atom stereocenters. The van der Waals surface area contributed by atoms with Crippen molar-refractivity contribution in [3.8, 4) is 0 Å². The highest BCUT2D eigenvalue weighted by molar-refractivity contribution is 5.94. The van der Waals surface area contributed by atoms with E-state index in [9.17, 15) is 4.79 Å². The summed E-state index contributed by atoms with van der Waals surface area (Å²) in [6.45, 7) is 4.01. The maximum Gasteiger partial charge on any atom is 0.254 e. The van der Waals surface area contributed by atoms with Crippen molar-refractivity contribution >= 4 is 5.91 Å². The number of carbonyl (C=O) groups excluding carboxylic acids is 1. The van der Waals surface area contributed by atoms with Gasteiger partial charge in [0, 0.05) is 24.2 Å². The highest BCUT2D eigenvalue weighted by atomic mass is 16.2. The highest BCUT2D eigenvalue weighted by Gasteiger charge is 2.34. The Labute approximate surface area is 121 Å². The molecule has 1 amide bonds. The summed E-state index contributed by atoms with van der Waals surface area (Å²) in [5.74, 6) is 0.212. The van der Waals surface area contributed by atoms with Gasteiger partial charge in [-0.15, -0.1) is 0 Å². The minimum Gasteiger partial charge on any atom is -0.334 e. The van der Waals surface area contributed by atoms with Crippen molar-refractivity contribution in [2.75, 3.05) is 13.1 Å². The van der Waals surface area contributed by atoms with E-state index in [4.69, 9.17) is 0 Å². The van der Waals surface area contributed by atoms with Crippen LogP contribution in [0.15, 0.2) is 24.3 Å². The average molecular weight is 272 g/mol. The Morgan fingerprint density at radius 2 is 2.15 bits per heavy atom. The Bertz CT molecular complexity index is 476. The van der Waals surface area contributed by atoms with Gasteiger partial charge in [-0.2, -0.15) is 0 Å². The van der Waals surface area contributed by atoms with E-state index in [2.05, 4.69) is 10.2 Å². The molecule has 108 valence electrons. The van der Waals surface area contributed by atoms with Crippen LogP contribution in [0.2, 0.25) is 0 Å². The number of hydrogen-bond donors (Lipinski definition) is 1. The fourth-order valence-electron chi connectivity index (χ4n) is 3.05. The van der Waals surface area contributed by atoms with Gasteiger partial charge in [0.2, 0.25) is 0 Å². The van der Waals surface area contributed by atoms with Crippen LogP contribution in [0.3, 0.4) is 0 Å². The Balaban J connectivity index is 1.71. The molecule has 1 aliphatic heterocycles. The Kier molecular flexibility index (Phi) is 4.06. The molecule has 1 N–H and O–H groups in total. The van der Waals surface area contributed by atoms with Gasteiger partial charge in [0.1, 0.15) is 0 Å². The molecule has 1 heterocycles. The molecule has 3 rings (SSSR count). The fraction of sp³-hybridized carbons (Fsp3) is 0.588. The quantitative estimate of drug-likeness (QED) is 0.914. The number of piperidine rings is 1. The average Bonchev–Trinajstić information content (AvgIpc) is 3.30. The number of hydrogen-bond acceptors (Lipinski definition) is 2. The molecule has 0 bridgehead atoms. The zero-order valence-corrected chi connectivity index (χ0v) is 12.3. The molecule has 20 heavy (non-hydrogen) atoms. The zero-order valence-electron chi connectivity index (χ0n) is 12.3. The van der Waals surface area contributed by atoms with Gasteiger partial charge in [-0.05, 0) is 51.3 Å². The lowest BCUT2D eigenvalue weighted by Gasteiger charge is -2.31. The summed E-state index contributed by atoms with van der Waals surface area (Å²) < 4.78 is 0. The summed E-state index contributed by atoms with van der Waals surface area (Å²) >= 11 is 0. The first-order valence-corrected chi connectivity index (χ1v) is 7.85. The molecular formula is C17H24N2O. The van der Waals surface area contributed by atoms with Gasteiger partial charge in [0.05, 0.1) is 0 Å².